The summed E-state index contributed by atoms with van der Waals surface area (Å²) in [5.41, 5.74) is 6.55. The Bertz CT molecular complexity index is 134. The van der Waals surface area contributed by atoms with Crippen LogP contribution in [0, 0.1) is 0 Å². The molecule has 0 aliphatic rings. The van der Waals surface area contributed by atoms with Crippen molar-refractivity contribution in [2.75, 3.05) is 0 Å². The van der Waals surface area contributed by atoms with Gasteiger partial charge in [-0.15, -0.1) is 0 Å². The quantitative estimate of drug-likeness (QED) is 0.477. The summed E-state index contributed by atoms with van der Waals surface area (Å²) in [5.74, 6) is 0. The fraction of sp³-hybridized carbons (Fsp3) is 0.600. The van der Waals surface area contributed by atoms with Crippen LogP contribution in [0.4, 0.5) is 0 Å². The van der Waals surface area contributed by atoms with E-state index in [0.29, 0.717) is 0 Å². The van der Waals surface area contributed by atoms with Crippen molar-refractivity contribution < 1.29 is 0 Å². The third-order valence-corrected chi connectivity index (χ3v) is 1.62. The van der Waals surface area contributed by atoms with Crippen molar-refractivity contribution in [3.63, 3.8) is 0 Å². The zero-order chi connectivity index (χ0) is 8.53. The van der Waals surface area contributed by atoms with E-state index < -0.39 is 0 Å². The molecule has 0 fully saturated rings. The molecule has 11 heavy (non-hydrogen) atoms. The number of nitrogens with two attached hydrogens (primary N) is 1. The fourth-order valence-corrected chi connectivity index (χ4v) is 0.777. The summed E-state index contributed by atoms with van der Waals surface area (Å²) in [6.45, 7) is 4.17. The average molecular weight is 153 g/mol. The van der Waals surface area contributed by atoms with Crippen molar-refractivity contribution in [3.8, 4) is 0 Å². The van der Waals surface area contributed by atoms with Crippen molar-refractivity contribution in [2.24, 2.45) is 5.73 Å². The summed E-state index contributed by atoms with van der Waals surface area (Å²) in [6, 6.07) is 0. The standard InChI is InChI=1S/C10H19N/c1-3-5-6-7-8-9-10(11)4-2/h4,7-8H,3,5-6,9,11H2,1-2H3/b8-7-,10-4-. The van der Waals surface area contributed by atoms with Crippen LogP contribution in [0.5, 0.6) is 0 Å². The summed E-state index contributed by atoms with van der Waals surface area (Å²) in [7, 11) is 0. The van der Waals surface area contributed by atoms with Crippen LogP contribution in [0.25, 0.3) is 0 Å². The fourth-order valence-electron chi connectivity index (χ4n) is 0.777. The van der Waals surface area contributed by atoms with E-state index in [4.69, 9.17) is 5.73 Å². The maximum absolute atomic E-state index is 5.60. The summed E-state index contributed by atoms with van der Waals surface area (Å²) in [4.78, 5) is 0. The molecule has 0 radical (unpaired) electrons. The molecule has 0 saturated heterocycles. The van der Waals surface area contributed by atoms with Crippen LogP contribution >= 0.6 is 0 Å². The Morgan fingerprint density at radius 3 is 2.64 bits per heavy atom. The summed E-state index contributed by atoms with van der Waals surface area (Å²) in [5, 5.41) is 0. The van der Waals surface area contributed by atoms with Crippen molar-refractivity contribution in [1.82, 2.24) is 0 Å². The molecule has 0 bridgehead atoms. The molecule has 0 aromatic heterocycles. The average Bonchev–Trinajstić information content (AvgIpc) is 2.04. The first kappa shape index (κ1) is 10.3. The Morgan fingerprint density at radius 2 is 2.09 bits per heavy atom. The minimum absolute atomic E-state index is 0.903. The van der Waals surface area contributed by atoms with E-state index in [2.05, 4.69) is 19.1 Å². The number of hydrogen-bond acceptors (Lipinski definition) is 1. The molecule has 0 saturated carbocycles. The predicted molar refractivity (Wildman–Crippen MR) is 51.2 cm³/mol. The molecule has 0 aliphatic heterocycles. The van der Waals surface area contributed by atoms with E-state index in [-0.39, 0.29) is 0 Å². The van der Waals surface area contributed by atoms with Gasteiger partial charge in [0.25, 0.3) is 0 Å². The lowest BCUT2D eigenvalue weighted by Gasteiger charge is -1.92. The van der Waals surface area contributed by atoms with E-state index in [9.17, 15) is 0 Å². The SMILES string of the molecule is C/C=C(\N)C/C=C\CCCC. The van der Waals surface area contributed by atoms with Crippen molar-refractivity contribution in [1.29, 1.82) is 0 Å². The van der Waals surface area contributed by atoms with Gasteiger partial charge < -0.3 is 5.73 Å². The highest BCUT2D eigenvalue weighted by atomic mass is 14.6. The zero-order valence-electron chi connectivity index (χ0n) is 7.64. The monoisotopic (exact) mass is 153 g/mol. The van der Waals surface area contributed by atoms with E-state index in [1.54, 1.807) is 0 Å². The van der Waals surface area contributed by atoms with Crippen LogP contribution in [0.3, 0.4) is 0 Å². The van der Waals surface area contributed by atoms with E-state index in [1.165, 1.54) is 19.3 Å². The molecular weight excluding hydrogens is 134 g/mol. The molecule has 0 aromatic carbocycles. The van der Waals surface area contributed by atoms with Gasteiger partial charge in [-0.05, 0) is 13.3 Å². The number of hydrogen-bond donors (Lipinski definition) is 1. The minimum atomic E-state index is 0.903. The third-order valence-electron chi connectivity index (χ3n) is 1.62. The summed E-state index contributed by atoms with van der Waals surface area (Å²) < 4.78 is 0. The first-order chi connectivity index (χ1) is 5.31. The first-order valence-electron chi connectivity index (χ1n) is 4.37. The van der Waals surface area contributed by atoms with Gasteiger partial charge in [-0.1, -0.05) is 38.0 Å². The van der Waals surface area contributed by atoms with E-state index in [0.717, 1.165) is 12.1 Å². The number of rotatable bonds is 5. The molecule has 0 rings (SSSR count). The van der Waals surface area contributed by atoms with Gasteiger partial charge in [0.05, 0.1) is 0 Å². The molecule has 0 unspecified atom stereocenters. The van der Waals surface area contributed by atoms with Gasteiger partial charge in [-0.3, -0.25) is 0 Å². The molecule has 1 nitrogen and oxygen atoms in total. The highest BCUT2D eigenvalue weighted by Gasteiger charge is 1.81. The predicted octanol–water partition coefficient (Wildman–Crippen LogP) is 2.99. The number of allylic oxidation sites excluding steroid dienone is 3. The molecule has 64 valence electrons. The van der Waals surface area contributed by atoms with Gasteiger partial charge in [0.1, 0.15) is 0 Å². The van der Waals surface area contributed by atoms with Crippen LogP contribution in [0.1, 0.15) is 39.5 Å². The normalized spacial score (nSPS) is 12.7. The Balaban J connectivity index is 3.30. The van der Waals surface area contributed by atoms with Crippen molar-refractivity contribution in [2.45, 2.75) is 39.5 Å². The molecule has 0 aromatic rings. The molecule has 0 spiro atoms. The van der Waals surface area contributed by atoms with Gasteiger partial charge in [-0.2, -0.15) is 0 Å². The van der Waals surface area contributed by atoms with Crippen molar-refractivity contribution in [3.05, 3.63) is 23.9 Å². The maximum Gasteiger partial charge on any atom is 0.00754 e. The Kier molecular flexibility index (Phi) is 6.90. The van der Waals surface area contributed by atoms with Crippen LogP contribution in [0.15, 0.2) is 23.9 Å². The largest absolute Gasteiger partial charge is 0.402 e. The van der Waals surface area contributed by atoms with Gasteiger partial charge in [-0.25, -0.2) is 0 Å². The lowest BCUT2D eigenvalue weighted by molar-refractivity contribution is 0.813. The Labute approximate surface area is 70.0 Å². The van der Waals surface area contributed by atoms with Gasteiger partial charge in [0.15, 0.2) is 0 Å². The lowest BCUT2D eigenvalue weighted by Crippen LogP contribution is -1.93. The van der Waals surface area contributed by atoms with E-state index >= 15 is 0 Å². The maximum atomic E-state index is 5.60. The third kappa shape index (κ3) is 7.17. The highest BCUT2D eigenvalue weighted by molar-refractivity contribution is 5.01. The smallest absolute Gasteiger partial charge is 0.00754 e. The molecule has 0 heterocycles. The van der Waals surface area contributed by atoms with Crippen LogP contribution in [-0.4, -0.2) is 0 Å². The Hall–Kier alpha value is -0.720. The molecule has 1 heteroatoms. The first-order valence-corrected chi connectivity index (χ1v) is 4.37. The second kappa shape index (κ2) is 7.39. The lowest BCUT2D eigenvalue weighted by atomic mass is 10.2. The second-order valence-electron chi connectivity index (χ2n) is 2.68. The molecule has 0 atom stereocenters. The van der Waals surface area contributed by atoms with Gasteiger partial charge >= 0.3 is 0 Å². The van der Waals surface area contributed by atoms with Crippen LogP contribution in [-0.2, 0) is 0 Å². The Morgan fingerprint density at radius 1 is 1.36 bits per heavy atom. The van der Waals surface area contributed by atoms with Gasteiger partial charge in [0, 0.05) is 12.1 Å². The minimum Gasteiger partial charge on any atom is -0.402 e. The van der Waals surface area contributed by atoms with E-state index in [1.807, 2.05) is 13.0 Å². The summed E-state index contributed by atoms with van der Waals surface area (Å²) in [6.07, 6.45) is 10.9. The molecule has 0 amide bonds. The van der Waals surface area contributed by atoms with Gasteiger partial charge in [0.2, 0.25) is 0 Å². The second-order valence-corrected chi connectivity index (χ2v) is 2.68. The zero-order valence-corrected chi connectivity index (χ0v) is 7.64. The summed E-state index contributed by atoms with van der Waals surface area (Å²) >= 11 is 0. The number of unbranched alkanes of at least 4 members (excludes halogenated alkanes) is 2. The molecule has 2 N–H and O–H groups in total. The molecule has 0 aliphatic carbocycles. The van der Waals surface area contributed by atoms with Crippen LogP contribution in [0.2, 0.25) is 0 Å². The van der Waals surface area contributed by atoms with Crippen molar-refractivity contribution >= 4 is 0 Å². The highest BCUT2D eigenvalue weighted by Crippen LogP contribution is 1.98. The molecular formula is C10H19N. The van der Waals surface area contributed by atoms with Crippen LogP contribution < -0.4 is 5.73 Å². The topological polar surface area (TPSA) is 26.0 Å².